The molecule has 2 rings (SSSR count). The molecular formula is C14H13ClN2O3. The summed E-state index contributed by atoms with van der Waals surface area (Å²) in [5.41, 5.74) is 1.80. The Kier molecular flexibility index (Phi) is 4.10. The van der Waals surface area contributed by atoms with Gasteiger partial charge in [0, 0.05) is 5.69 Å². The van der Waals surface area contributed by atoms with Crippen LogP contribution in [0, 0.1) is 17.0 Å². The lowest BCUT2D eigenvalue weighted by Crippen LogP contribution is -1.98. The predicted octanol–water partition coefficient (Wildman–Crippen LogP) is 4.31. The first-order valence-electron chi connectivity index (χ1n) is 5.87. The Labute approximate surface area is 121 Å². The fourth-order valence-corrected chi connectivity index (χ4v) is 2.19. The molecule has 0 amide bonds. The fourth-order valence-electron chi connectivity index (χ4n) is 1.85. The lowest BCUT2D eigenvalue weighted by molar-refractivity contribution is -0.383. The molecule has 0 aliphatic heterocycles. The summed E-state index contributed by atoms with van der Waals surface area (Å²) in [6.45, 7) is 1.83. The van der Waals surface area contributed by atoms with Crippen molar-refractivity contribution in [2.45, 2.75) is 6.92 Å². The molecule has 5 nitrogen and oxygen atoms in total. The molecule has 6 heteroatoms. The van der Waals surface area contributed by atoms with Crippen LogP contribution >= 0.6 is 11.6 Å². The number of benzene rings is 2. The fraction of sp³-hybridized carbons (Fsp3) is 0.143. The van der Waals surface area contributed by atoms with Gasteiger partial charge in [0.2, 0.25) is 0 Å². The Bertz CT molecular complexity index is 642. The van der Waals surface area contributed by atoms with Gasteiger partial charge < -0.3 is 10.1 Å². The summed E-state index contributed by atoms with van der Waals surface area (Å²) in [4.78, 5) is 10.6. The van der Waals surface area contributed by atoms with E-state index in [1.165, 1.54) is 0 Å². The monoisotopic (exact) mass is 292 g/mol. The lowest BCUT2D eigenvalue weighted by atomic mass is 10.2. The van der Waals surface area contributed by atoms with Gasteiger partial charge in [-0.05, 0) is 48.9 Å². The van der Waals surface area contributed by atoms with Crippen LogP contribution in [-0.4, -0.2) is 12.0 Å². The first-order valence-corrected chi connectivity index (χ1v) is 6.24. The molecular weight excluding hydrogens is 280 g/mol. The number of nitro benzene ring substituents is 1. The molecule has 2 aromatic carbocycles. The molecule has 104 valence electrons. The van der Waals surface area contributed by atoms with Crippen LogP contribution in [0.25, 0.3) is 0 Å². The standard InChI is InChI=1S/C14H13ClN2O3/c1-9-7-12(15)14(17(18)19)13(8-9)16-10-3-5-11(20-2)6-4-10/h3-8,16H,1-2H3. The highest BCUT2D eigenvalue weighted by atomic mass is 35.5. The van der Waals surface area contributed by atoms with Crippen molar-refractivity contribution in [1.29, 1.82) is 0 Å². The Morgan fingerprint density at radius 2 is 1.90 bits per heavy atom. The first kappa shape index (κ1) is 14.1. The molecule has 0 radical (unpaired) electrons. The van der Waals surface area contributed by atoms with Gasteiger partial charge in [-0.15, -0.1) is 0 Å². The minimum absolute atomic E-state index is 0.117. The van der Waals surface area contributed by atoms with Gasteiger partial charge in [-0.3, -0.25) is 10.1 Å². The molecule has 0 saturated heterocycles. The highest BCUT2D eigenvalue weighted by Crippen LogP contribution is 2.35. The Hall–Kier alpha value is -2.27. The number of rotatable bonds is 4. The molecule has 0 bridgehead atoms. The highest BCUT2D eigenvalue weighted by Gasteiger charge is 2.19. The van der Waals surface area contributed by atoms with E-state index in [1.54, 1.807) is 43.5 Å². The van der Waals surface area contributed by atoms with Crippen molar-refractivity contribution in [2.24, 2.45) is 0 Å². The van der Waals surface area contributed by atoms with Gasteiger partial charge in [-0.2, -0.15) is 0 Å². The third-order valence-corrected chi connectivity index (χ3v) is 3.05. The maximum Gasteiger partial charge on any atom is 0.311 e. The molecule has 0 fully saturated rings. The number of nitro groups is 1. The van der Waals surface area contributed by atoms with Gasteiger partial charge in [-0.1, -0.05) is 11.6 Å². The predicted molar refractivity (Wildman–Crippen MR) is 79.1 cm³/mol. The number of methoxy groups -OCH3 is 1. The second-order valence-corrected chi connectivity index (χ2v) is 4.66. The van der Waals surface area contributed by atoms with E-state index in [4.69, 9.17) is 16.3 Å². The molecule has 0 aliphatic carbocycles. The van der Waals surface area contributed by atoms with Crippen LogP contribution in [0.3, 0.4) is 0 Å². The minimum atomic E-state index is -0.492. The third-order valence-electron chi connectivity index (χ3n) is 2.76. The molecule has 0 spiro atoms. The van der Waals surface area contributed by atoms with Gasteiger partial charge >= 0.3 is 5.69 Å². The minimum Gasteiger partial charge on any atom is -0.497 e. The van der Waals surface area contributed by atoms with E-state index < -0.39 is 4.92 Å². The van der Waals surface area contributed by atoms with E-state index >= 15 is 0 Å². The van der Waals surface area contributed by atoms with Crippen LogP contribution < -0.4 is 10.1 Å². The van der Waals surface area contributed by atoms with Crippen LogP contribution in [0.15, 0.2) is 36.4 Å². The van der Waals surface area contributed by atoms with Crippen molar-refractivity contribution >= 4 is 28.7 Å². The number of aryl methyl sites for hydroxylation is 1. The van der Waals surface area contributed by atoms with Crippen molar-refractivity contribution < 1.29 is 9.66 Å². The van der Waals surface area contributed by atoms with Crippen LogP contribution in [-0.2, 0) is 0 Å². The zero-order chi connectivity index (χ0) is 14.7. The smallest absolute Gasteiger partial charge is 0.311 e. The van der Waals surface area contributed by atoms with E-state index in [0.29, 0.717) is 11.4 Å². The Morgan fingerprint density at radius 1 is 1.25 bits per heavy atom. The number of anilines is 2. The van der Waals surface area contributed by atoms with Gasteiger partial charge in [0.05, 0.1) is 12.0 Å². The second-order valence-electron chi connectivity index (χ2n) is 4.25. The molecule has 20 heavy (non-hydrogen) atoms. The summed E-state index contributed by atoms with van der Waals surface area (Å²) in [5, 5.41) is 14.2. The van der Waals surface area contributed by atoms with Crippen molar-refractivity contribution in [2.75, 3.05) is 12.4 Å². The van der Waals surface area contributed by atoms with E-state index in [2.05, 4.69) is 5.32 Å². The molecule has 1 N–H and O–H groups in total. The SMILES string of the molecule is COc1ccc(Nc2cc(C)cc(Cl)c2[N+](=O)[O-])cc1. The summed E-state index contributed by atoms with van der Waals surface area (Å²) < 4.78 is 5.06. The summed E-state index contributed by atoms with van der Waals surface area (Å²) in [5.74, 6) is 0.715. The van der Waals surface area contributed by atoms with E-state index in [9.17, 15) is 10.1 Å². The lowest BCUT2D eigenvalue weighted by Gasteiger charge is -2.10. The topological polar surface area (TPSA) is 64.4 Å². The average molecular weight is 293 g/mol. The quantitative estimate of drug-likeness (QED) is 0.673. The molecule has 0 unspecified atom stereocenters. The van der Waals surface area contributed by atoms with E-state index in [-0.39, 0.29) is 10.7 Å². The molecule has 0 atom stereocenters. The number of halogens is 1. The Morgan fingerprint density at radius 3 is 2.45 bits per heavy atom. The zero-order valence-electron chi connectivity index (χ0n) is 11.0. The zero-order valence-corrected chi connectivity index (χ0v) is 11.8. The first-order chi connectivity index (χ1) is 9.51. The van der Waals surface area contributed by atoms with Crippen molar-refractivity contribution in [3.63, 3.8) is 0 Å². The summed E-state index contributed by atoms with van der Waals surface area (Å²) in [6, 6.07) is 10.3. The Balaban J connectivity index is 2.39. The number of nitrogens with one attached hydrogen (secondary N) is 1. The third kappa shape index (κ3) is 3.00. The average Bonchev–Trinajstić information content (AvgIpc) is 2.38. The number of ether oxygens (including phenoxy) is 1. The van der Waals surface area contributed by atoms with Crippen molar-refractivity contribution in [3.05, 3.63) is 57.1 Å². The van der Waals surface area contributed by atoms with Gasteiger partial charge in [0.25, 0.3) is 0 Å². The largest absolute Gasteiger partial charge is 0.497 e. The summed E-state index contributed by atoms with van der Waals surface area (Å²) in [7, 11) is 1.58. The molecule has 0 aliphatic rings. The van der Waals surface area contributed by atoms with Crippen LogP contribution in [0.1, 0.15) is 5.56 Å². The van der Waals surface area contributed by atoms with E-state index in [0.717, 1.165) is 11.3 Å². The number of hydrogen-bond donors (Lipinski definition) is 1. The second kappa shape index (κ2) is 5.79. The summed E-state index contributed by atoms with van der Waals surface area (Å²) in [6.07, 6.45) is 0. The molecule has 0 heterocycles. The van der Waals surface area contributed by atoms with Gasteiger partial charge in [0.15, 0.2) is 0 Å². The van der Waals surface area contributed by atoms with Gasteiger partial charge in [0.1, 0.15) is 16.5 Å². The molecule has 0 saturated carbocycles. The highest BCUT2D eigenvalue weighted by molar-refractivity contribution is 6.33. The van der Waals surface area contributed by atoms with E-state index in [1.807, 2.05) is 6.92 Å². The molecule has 0 aromatic heterocycles. The van der Waals surface area contributed by atoms with Crippen LogP contribution in [0.5, 0.6) is 5.75 Å². The van der Waals surface area contributed by atoms with Gasteiger partial charge in [-0.25, -0.2) is 0 Å². The van der Waals surface area contributed by atoms with Crippen LogP contribution in [0.2, 0.25) is 5.02 Å². The maximum atomic E-state index is 11.1. The number of hydrogen-bond acceptors (Lipinski definition) is 4. The van der Waals surface area contributed by atoms with Crippen molar-refractivity contribution in [3.8, 4) is 5.75 Å². The maximum absolute atomic E-state index is 11.1. The van der Waals surface area contributed by atoms with Crippen molar-refractivity contribution in [1.82, 2.24) is 0 Å². The normalized spacial score (nSPS) is 10.2. The molecule has 2 aromatic rings. The summed E-state index contributed by atoms with van der Waals surface area (Å²) >= 11 is 5.94. The van der Waals surface area contributed by atoms with Crippen LogP contribution in [0.4, 0.5) is 17.1 Å². The number of nitrogens with zero attached hydrogens (tertiary/aromatic N) is 1.